The Morgan fingerprint density at radius 1 is 1.31 bits per heavy atom. The number of hydrogen-bond donors (Lipinski definition) is 0. The van der Waals surface area contributed by atoms with E-state index in [1.54, 1.807) is 0 Å². The summed E-state index contributed by atoms with van der Waals surface area (Å²) in [4.78, 5) is 14.4. The van der Waals surface area contributed by atoms with Crippen molar-refractivity contribution in [3.8, 4) is 0 Å². The van der Waals surface area contributed by atoms with E-state index in [2.05, 4.69) is 4.98 Å². The maximum atomic E-state index is 10.3. The van der Waals surface area contributed by atoms with Gasteiger partial charge in [0.2, 0.25) is 6.54 Å². The minimum absolute atomic E-state index is 0.0230. The zero-order valence-electron chi connectivity index (χ0n) is 9.01. The van der Waals surface area contributed by atoms with Gasteiger partial charge < -0.3 is 0 Å². The van der Waals surface area contributed by atoms with Crippen LogP contribution in [-0.4, -0.2) is 16.5 Å². The standard InChI is InChI=1S/C12H12N2O2/c1-9-2-4-11-8-10(6-7-14(15)16)3-5-12(11)13-9/h2-5,8H,6-7H2,1H3. The summed E-state index contributed by atoms with van der Waals surface area (Å²) in [6.07, 6.45) is 0.469. The number of nitro groups is 1. The first-order chi connectivity index (χ1) is 7.65. The number of rotatable bonds is 3. The molecule has 4 heteroatoms. The molecule has 2 aromatic rings. The zero-order valence-corrected chi connectivity index (χ0v) is 9.01. The molecule has 1 aromatic heterocycles. The van der Waals surface area contributed by atoms with Crippen LogP contribution in [0.5, 0.6) is 0 Å². The van der Waals surface area contributed by atoms with Crippen LogP contribution in [0.25, 0.3) is 10.9 Å². The Morgan fingerprint density at radius 2 is 2.12 bits per heavy atom. The summed E-state index contributed by atoms with van der Waals surface area (Å²) in [5.41, 5.74) is 2.89. The predicted octanol–water partition coefficient (Wildman–Crippen LogP) is 2.36. The molecule has 1 heterocycles. The van der Waals surface area contributed by atoms with E-state index in [9.17, 15) is 10.1 Å². The summed E-state index contributed by atoms with van der Waals surface area (Å²) in [5.74, 6) is 0. The van der Waals surface area contributed by atoms with E-state index >= 15 is 0 Å². The highest BCUT2D eigenvalue weighted by Crippen LogP contribution is 2.15. The number of nitrogens with zero attached hydrogens (tertiary/aromatic N) is 2. The molecule has 0 aliphatic carbocycles. The van der Waals surface area contributed by atoms with E-state index in [0.29, 0.717) is 6.42 Å². The maximum absolute atomic E-state index is 10.3. The first-order valence-electron chi connectivity index (χ1n) is 5.13. The van der Waals surface area contributed by atoms with Crippen LogP contribution in [0.15, 0.2) is 30.3 Å². The molecule has 16 heavy (non-hydrogen) atoms. The van der Waals surface area contributed by atoms with E-state index in [1.165, 1.54) is 0 Å². The number of aromatic nitrogens is 1. The quantitative estimate of drug-likeness (QED) is 0.584. The molecule has 0 spiro atoms. The number of benzene rings is 1. The molecule has 0 fully saturated rings. The largest absolute Gasteiger partial charge is 0.265 e. The van der Waals surface area contributed by atoms with E-state index in [-0.39, 0.29) is 11.5 Å². The third-order valence-corrected chi connectivity index (χ3v) is 2.48. The van der Waals surface area contributed by atoms with Gasteiger partial charge in [0.05, 0.1) is 5.52 Å². The van der Waals surface area contributed by atoms with Gasteiger partial charge in [-0.25, -0.2) is 0 Å². The second kappa shape index (κ2) is 4.26. The number of pyridine rings is 1. The van der Waals surface area contributed by atoms with Crippen molar-refractivity contribution in [2.45, 2.75) is 13.3 Å². The van der Waals surface area contributed by atoms with Crippen molar-refractivity contribution in [1.82, 2.24) is 4.98 Å². The highest BCUT2D eigenvalue weighted by Gasteiger charge is 2.02. The van der Waals surface area contributed by atoms with Gasteiger partial charge in [0.1, 0.15) is 0 Å². The maximum Gasteiger partial charge on any atom is 0.207 e. The van der Waals surface area contributed by atoms with Gasteiger partial charge in [-0.3, -0.25) is 15.1 Å². The van der Waals surface area contributed by atoms with Gasteiger partial charge in [-0.1, -0.05) is 12.1 Å². The molecule has 82 valence electrons. The number of fused-ring (bicyclic) bond motifs is 1. The molecule has 0 radical (unpaired) electrons. The van der Waals surface area contributed by atoms with Crippen LogP contribution in [0.4, 0.5) is 0 Å². The van der Waals surface area contributed by atoms with Gasteiger partial charge in [-0.2, -0.15) is 0 Å². The third kappa shape index (κ3) is 2.34. The second-order valence-electron chi connectivity index (χ2n) is 3.79. The number of hydrogen-bond acceptors (Lipinski definition) is 3. The fourth-order valence-electron chi connectivity index (χ4n) is 1.65. The van der Waals surface area contributed by atoms with Crippen molar-refractivity contribution < 1.29 is 4.92 Å². The minimum atomic E-state index is -0.294. The lowest BCUT2D eigenvalue weighted by molar-refractivity contribution is -0.479. The SMILES string of the molecule is Cc1ccc2cc(CC[N+](=O)[O-])ccc2n1. The molecule has 0 amide bonds. The van der Waals surface area contributed by atoms with Crippen molar-refractivity contribution in [2.24, 2.45) is 0 Å². The summed E-state index contributed by atoms with van der Waals surface area (Å²) < 4.78 is 0. The highest BCUT2D eigenvalue weighted by atomic mass is 16.6. The highest BCUT2D eigenvalue weighted by molar-refractivity contribution is 5.79. The average Bonchev–Trinajstić information content (AvgIpc) is 2.26. The van der Waals surface area contributed by atoms with Crippen molar-refractivity contribution >= 4 is 10.9 Å². The third-order valence-electron chi connectivity index (χ3n) is 2.48. The minimum Gasteiger partial charge on any atom is -0.265 e. The summed E-state index contributed by atoms with van der Waals surface area (Å²) >= 11 is 0. The molecule has 2 rings (SSSR count). The molecular weight excluding hydrogens is 204 g/mol. The van der Waals surface area contributed by atoms with Gasteiger partial charge in [-0.05, 0) is 30.7 Å². The van der Waals surface area contributed by atoms with Crippen LogP contribution < -0.4 is 0 Å². The fraction of sp³-hybridized carbons (Fsp3) is 0.250. The molecular formula is C12H12N2O2. The molecule has 4 nitrogen and oxygen atoms in total. The Kier molecular flexibility index (Phi) is 2.81. The van der Waals surface area contributed by atoms with Crippen molar-refractivity contribution in [3.63, 3.8) is 0 Å². The smallest absolute Gasteiger partial charge is 0.207 e. The molecule has 0 unspecified atom stereocenters. The summed E-state index contributed by atoms with van der Waals surface area (Å²) in [6.45, 7) is 1.92. The number of aryl methyl sites for hydroxylation is 1. The Balaban J connectivity index is 2.30. The van der Waals surface area contributed by atoms with Crippen LogP contribution >= 0.6 is 0 Å². The van der Waals surface area contributed by atoms with E-state index in [4.69, 9.17) is 0 Å². The normalized spacial score (nSPS) is 10.6. The lowest BCUT2D eigenvalue weighted by atomic mass is 10.1. The molecule has 0 saturated carbocycles. The Hall–Kier alpha value is -1.97. The van der Waals surface area contributed by atoms with Crippen molar-refractivity contribution in [1.29, 1.82) is 0 Å². The molecule has 0 N–H and O–H groups in total. The van der Waals surface area contributed by atoms with Gasteiger partial charge in [0, 0.05) is 22.4 Å². The summed E-state index contributed by atoms with van der Waals surface area (Å²) in [7, 11) is 0. The lowest BCUT2D eigenvalue weighted by Crippen LogP contribution is -2.03. The van der Waals surface area contributed by atoms with Crippen LogP contribution in [0, 0.1) is 17.0 Å². The van der Waals surface area contributed by atoms with Gasteiger partial charge in [-0.15, -0.1) is 0 Å². The van der Waals surface area contributed by atoms with Crippen molar-refractivity contribution in [2.75, 3.05) is 6.54 Å². The Morgan fingerprint density at radius 3 is 2.88 bits per heavy atom. The monoisotopic (exact) mass is 216 g/mol. The predicted molar refractivity (Wildman–Crippen MR) is 62.0 cm³/mol. The van der Waals surface area contributed by atoms with E-state index in [0.717, 1.165) is 22.2 Å². The lowest BCUT2D eigenvalue weighted by Gasteiger charge is -2.02. The van der Waals surface area contributed by atoms with Gasteiger partial charge >= 0.3 is 0 Å². The molecule has 0 saturated heterocycles. The average molecular weight is 216 g/mol. The Bertz CT molecular complexity index is 538. The van der Waals surface area contributed by atoms with Crippen LogP contribution in [0.2, 0.25) is 0 Å². The van der Waals surface area contributed by atoms with Crippen LogP contribution in [-0.2, 0) is 6.42 Å². The van der Waals surface area contributed by atoms with Crippen LogP contribution in [0.3, 0.4) is 0 Å². The van der Waals surface area contributed by atoms with E-state index < -0.39 is 0 Å². The second-order valence-corrected chi connectivity index (χ2v) is 3.79. The summed E-state index contributed by atoms with van der Waals surface area (Å²) in [6, 6.07) is 9.72. The van der Waals surface area contributed by atoms with Gasteiger partial charge in [0.15, 0.2) is 0 Å². The molecule has 1 aromatic carbocycles. The van der Waals surface area contributed by atoms with Crippen molar-refractivity contribution in [3.05, 3.63) is 51.7 Å². The molecule has 0 atom stereocenters. The molecule has 0 aliphatic rings. The first-order valence-corrected chi connectivity index (χ1v) is 5.13. The first kappa shape index (κ1) is 10.5. The fourth-order valence-corrected chi connectivity index (χ4v) is 1.65. The zero-order chi connectivity index (χ0) is 11.5. The molecule has 0 bridgehead atoms. The van der Waals surface area contributed by atoms with E-state index in [1.807, 2.05) is 37.3 Å². The topological polar surface area (TPSA) is 56.0 Å². The van der Waals surface area contributed by atoms with Crippen LogP contribution in [0.1, 0.15) is 11.3 Å². The summed E-state index contributed by atoms with van der Waals surface area (Å²) in [5, 5.41) is 11.3. The Labute approximate surface area is 93.1 Å². The van der Waals surface area contributed by atoms with Gasteiger partial charge in [0.25, 0.3) is 0 Å². The molecule has 0 aliphatic heterocycles.